The van der Waals surface area contributed by atoms with Crippen LogP contribution in [0.15, 0.2) is 126 Å². The Morgan fingerprint density at radius 2 is 1.31 bits per heavy atom. The Morgan fingerprint density at radius 3 is 1.97 bits per heavy atom. The van der Waals surface area contributed by atoms with Crippen LogP contribution in [0.5, 0.6) is 0 Å². The van der Waals surface area contributed by atoms with Crippen LogP contribution in [0.3, 0.4) is 0 Å². The molecule has 1 aromatic heterocycles. The van der Waals surface area contributed by atoms with Gasteiger partial charge in [-0.3, -0.25) is 4.79 Å². The highest BCUT2D eigenvalue weighted by atomic mass is 19.1. The van der Waals surface area contributed by atoms with Crippen molar-refractivity contribution in [2.75, 3.05) is 0 Å². The molecule has 0 bridgehead atoms. The first-order chi connectivity index (χ1) is 17.2. The highest BCUT2D eigenvalue weighted by Gasteiger charge is 2.18. The Hall–Kier alpha value is -4.77. The molecule has 1 amide bonds. The largest absolute Gasteiger partial charge is 0.309 e. The molecule has 5 heteroatoms. The second-order valence-corrected chi connectivity index (χ2v) is 7.92. The lowest BCUT2D eigenvalue weighted by Gasteiger charge is -2.15. The van der Waals surface area contributed by atoms with E-state index < -0.39 is 11.7 Å². The predicted molar refractivity (Wildman–Crippen MR) is 138 cm³/mol. The molecule has 0 aliphatic carbocycles. The average Bonchev–Trinajstić information content (AvgIpc) is 3.30. The lowest BCUT2D eigenvalue weighted by Crippen LogP contribution is -2.18. The Balaban J connectivity index is 1.63. The fourth-order valence-corrected chi connectivity index (χ4v) is 4.05. The maximum atomic E-state index is 14.0. The number of benzene rings is 4. The Labute approximate surface area is 203 Å². The van der Waals surface area contributed by atoms with E-state index in [0.29, 0.717) is 0 Å². The fourth-order valence-electron chi connectivity index (χ4n) is 4.05. The van der Waals surface area contributed by atoms with Crippen LogP contribution >= 0.6 is 0 Å². The van der Waals surface area contributed by atoms with Crippen LogP contribution in [0.25, 0.3) is 28.2 Å². The van der Waals surface area contributed by atoms with Gasteiger partial charge in [0.05, 0.1) is 23.2 Å². The van der Waals surface area contributed by atoms with E-state index in [1.165, 1.54) is 12.1 Å². The monoisotopic (exact) mass is 459 g/mol. The third-order valence-corrected chi connectivity index (χ3v) is 5.65. The third-order valence-electron chi connectivity index (χ3n) is 5.65. The lowest BCUT2D eigenvalue weighted by atomic mass is 10.1. The third kappa shape index (κ3) is 4.66. The first-order valence-corrected chi connectivity index (χ1v) is 11.2. The average molecular weight is 460 g/mol. The van der Waals surface area contributed by atoms with Crippen molar-refractivity contribution >= 4 is 12.1 Å². The van der Waals surface area contributed by atoms with E-state index in [-0.39, 0.29) is 5.56 Å². The van der Waals surface area contributed by atoms with Gasteiger partial charge in [-0.05, 0) is 41.5 Å². The van der Waals surface area contributed by atoms with E-state index in [9.17, 15) is 9.18 Å². The smallest absolute Gasteiger partial charge is 0.274 e. The van der Waals surface area contributed by atoms with Gasteiger partial charge in [0.15, 0.2) is 0 Å². The standard InChI is InChI=1S/C30H22FN3O/c31-27-19-11-10-18-26(27)30(35)33-32-21-24-20-28(22-12-4-1-5-13-22)34(25-16-8-3-9-17-25)29(24)23-14-6-2-7-15-23/h1-21H,(H,33,35)/b32-21-. The number of aromatic nitrogens is 1. The molecular weight excluding hydrogens is 437 g/mol. The number of carbonyl (C=O) groups is 1. The first-order valence-electron chi connectivity index (χ1n) is 11.2. The fraction of sp³-hybridized carbons (Fsp3) is 0. The van der Waals surface area contributed by atoms with E-state index >= 15 is 0 Å². The summed E-state index contributed by atoms with van der Waals surface area (Å²) in [6.45, 7) is 0. The topological polar surface area (TPSA) is 46.4 Å². The lowest BCUT2D eigenvalue weighted by molar-refractivity contribution is 0.0951. The number of carbonyl (C=O) groups excluding carboxylic acids is 1. The van der Waals surface area contributed by atoms with Gasteiger partial charge in [-0.15, -0.1) is 0 Å². The summed E-state index contributed by atoms with van der Waals surface area (Å²) in [5, 5.41) is 4.18. The Bertz CT molecular complexity index is 1480. The van der Waals surface area contributed by atoms with Crippen molar-refractivity contribution in [2.45, 2.75) is 0 Å². The Morgan fingerprint density at radius 1 is 0.743 bits per heavy atom. The summed E-state index contributed by atoms with van der Waals surface area (Å²) >= 11 is 0. The maximum absolute atomic E-state index is 14.0. The Kier molecular flexibility index (Phi) is 6.31. The predicted octanol–water partition coefficient (Wildman–Crippen LogP) is 6.71. The number of nitrogens with zero attached hydrogens (tertiary/aromatic N) is 2. The van der Waals surface area contributed by atoms with E-state index in [0.717, 1.165) is 33.8 Å². The number of halogens is 1. The van der Waals surface area contributed by atoms with Gasteiger partial charge in [0.2, 0.25) is 0 Å². The normalized spacial score (nSPS) is 11.0. The highest BCUT2D eigenvalue weighted by molar-refractivity contribution is 5.97. The molecule has 5 rings (SSSR count). The van der Waals surface area contributed by atoms with Gasteiger partial charge in [0, 0.05) is 11.3 Å². The van der Waals surface area contributed by atoms with Crippen LogP contribution in [-0.4, -0.2) is 16.7 Å². The van der Waals surface area contributed by atoms with Gasteiger partial charge >= 0.3 is 0 Å². The number of hydrogen-bond donors (Lipinski definition) is 1. The molecule has 0 radical (unpaired) electrons. The van der Waals surface area contributed by atoms with Crippen molar-refractivity contribution in [2.24, 2.45) is 5.10 Å². The second kappa shape index (κ2) is 10.0. The molecule has 0 aliphatic heterocycles. The minimum absolute atomic E-state index is 0.0558. The van der Waals surface area contributed by atoms with Crippen LogP contribution in [0.1, 0.15) is 15.9 Å². The van der Waals surface area contributed by atoms with Gasteiger partial charge < -0.3 is 4.57 Å². The van der Waals surface area contributed by atoms with Crippen LogP contribution in [0, 0.1) is 5.82 Å². The number of amides is 1. The molecule has 4 nitrogen and oxygen atoms in total. The number of nitrogens with one attached hydrogen (secondary N) is 1. The van der Waals surface area contributed by atoms with Crippen molar-refractivity contribution < 1.29 is 9.18 Å². The molecule has 1 heterocycles. The van der Waals surface area contributed by atoms with Crippen LogP contribution in [-0.2, 0) is 0 Å². The van der Waals surface area contributed by atoms with E-state index in [4.69, 9.17) is 0 Å². The number of hydrazone groups is 1. The zero-order valence-electron chi connectivity index (χ0n) is 18.8. The summed E-state index contributed by atoms with van der Waals surface area (Å²) in [5.74, 6) is -1.20. The van der Waals surface area contributed by atoms with Crippen molar-refractivity contribution in [3.05, 3.63) is 138 Å². The van der Waals surface area contributed by atoms with E-state index in [1.54, 1.807) is 18.3 Å². The summed E-state index contributed by atoms with van der Waals surface area (Å²) in [7, 11) is 0. The zero-order valence-corrected chi connectivity index (χ0v) is 18.8. The minimum atomic E-state index is -0.605. The summed E-state index contributed by atoms with van der Waals surface area (Å²) in [6.07, 6.45) is 1.60. The molecule has 4 aromatic carbocycles. The number of rotatable bonds is 6. The van der Waals surface area contributed by atoms with Gasteiger partial charge in [-0.25, -0.2) is 9.82 Å². The number of hydrogen-bond acceptors (Lipinski definition) is 2. The maximum Gasteiger partial charge on any atom is 0.274 e. The van der Waals surface area contributed by atoms with Crippen LogP contribution in [0.4, 0.5) is 4.39 Å². The van der Waals surface area contributed by atoms with Crippen LogP contribution in [0.2, 0.25) is 0 Å². The van der Waals surface area contributed by atoms with Crippen LogP contribution < -0.4 is 5.43 Å². The van der Waals surface area contributed by atoms with Gasteiger partial charge in [0.1, 0.15) is 5.82 Å². The van der Waals surface area contributed by atoms with E-state index in [1.807, 2.05) is 72.8 Å². The SMILES string of the molecule is O=C(N/N=C\c1cc(-c2ccccc2)n(-c2ccccc2)c1-c1ccccc1)c1ccccc1F. The molecule has 0 spiro atoms. The molecular formula is C30H22FN3O. The van der Waals surface area contributed by atoms with Crippen molar-refractivity contribution in [1.82, 2.24) is 9.99 Å². The molecule has 0 saturated carbocycles. The molecule has 170 valence electrons. The summed E-state index contributed by atoms with van der Waals surface area (Å²) < 4.78 is 16.2. The second-order valence-electron chi connectivity index (χ2n) is 7.92. The molecule has 5 aromatic rings. The minimum Gasteiger partial charge on any atom is -0.309 e. The molecule has 0 fully saturated rings. The highest BCUT2D eigenvalue weighted by Crippen LogP contribution is 2.35. The summed E-state index contributed by atoms with van der Waals surface area (Å²) in [6, 6.07) is 38.1. The molecule has 1 N–H and O–H groups in total. The summed E-state index contributed by atoms with van der Waals surface area (Å²) in [4.78, 5) is 12.5. The van der Waals surface area contributed by atoms with E-state index in [2.05, 4.69) is 39.4 Å². The summed E-state index contributed by atoms with van der Waals surface area (Å²) in [5.41, 5.74) is 8.17. The molecule has 0 unspecified atom stereocenters. The van der Waals surface area contributed by atoms with Crippen molar-refractivity contribution in [3.63, 3.8) is 0 Å². The zero-order chi connectivity index (χ0) is 24.0. The molecule has 0 aliphatic rings. The van der Waals surface area contributed by atoms with Gasteiger partial charge in [-0.1, -0.05) is 91.0 Å². The molecule has 0 atom stereocenters. The van der Waals surface area contributed by atoms with Gasteiger partial charge in [-0.2, -0.15) is 5.10 Å². The number of para-hydroxylation sites is 1. The van der Waals surface area contributed by atoms with Crippen molar-refractivity contribution in [3.8, 4) is 28.2 Å². The molecule has 0 saturated heterocycles. The quantitative estimate of drug-likeness (QED) is 0.223. The first kappa shape index (κ1) is 22.0. The molecule has 35 heavy (non-hydrogen) atoms. The van der Waals surface area contributed by atoms with Crippen molar-refractivity contribution in [1.29, 1.82) is 0 Å². The van der Waals surface area contributed by atoms with Gasteiger partial charge in [0.25, 0.3) is 5.91 Å².